The van der Waals surface area contributed by atoms with Crippen molar-refractivity contribution in [2.24, 2.45) is 0 Å². The summed E-state index contributed by atoms with van der Waals surface area (Å²) in [5.41, 5.74) is 0. The maximum atomic E-state index is 5.77. The second kappa shape index (κ2) is 12.4. The van der Waals surface area contributed by atoms with E-state index in [4.69, 9.17) is 9.47 Å². The van der Waals surface area contributed by atoms with E-state index in [2.05, 4.69) is 9.80 Å². The molecule has 0 spiro atoms. The van der Waals surface area contributed by atoms with Crippen LogP contribution in [-0.4, -0.2) is 62.3 Å². The van der Waals surface area contributed by atoms with E-state index in [1.165, 1.54) is 52.1 Å². The van der Waals surface area contributed by atoms with E-state index >= 15 is 0 Å². The van der Waals surface area contributed by atoms with Crippen molar-refractivity contribution in [1.29, 1.82) is 0 Å². The Bertz CT molecular complexity index is 570. The number of hydrogen-bond donors (Lipinski definition) is 0. The Morgan fingerprint density at radius 1 is 0.536 bits per heavy atom. The molecule has 0 unspecified atom stereocenters. The molecule has 2 aromatic rings. The third kappa shape index (κ3) is 7.91. The van der Waals surface area contributed by atoms with Crippen molar-refractivity contribution >= 4 is 0 Å². The van der Waals surface area contributed by atoms with Gasteiger partial charge in [0.15, 0.2) is 0 Å². The van der Waals surface area contributed by atoms with Crippen molar-refractivity contribution in [3.8, 4) is 11.5 Å². The molecule has 4 nitrogen and oxygen atoms in total. The lowest BCUT2D eigenvalue weighted by Gasteiger charge is -2.34. The van der Waals surface area contributed by atoms with Gasteiger partial charge in [0.25, 0.3) is 0 Å². The second-order valence-electron chi connectivity index (χ2n) is 7.42. The molecule has 1 aliphatic rings. The summed E-state index contributed by atoms with van der Waals surface area (Å²) in [5.74, 6) is 1.95. The van der Waals surface area contributed by atoms with E-state index in [1.54, 1.807) is 0 Å². The predicted octanol–water partition coefficient (Wildman–Crippen LogP) is 4.32. The van der Waals surface area contributed by atoms with Gasteiger partial charge in [-0.1, -0.05) is 36.4 Å². The van der Waals surface area contributed by atoms with Crippen LogP contribution in [0.1, 0.15) is 25.7 Å². The Labute approximate surface area is 170 Å². The summed E-state index contributed by atoms with van der Waals surface area (Å²) in [5, 5.41) is 0. The fourth-order valence-corrected chi connectivity index (χ4v) is 3.52. The molecule has 1 aliphatic heterocycles. The van der Waals surface area contributed by atoms with Gasteiger partial charge in [0, 0.05) is 26.2 Å². The van der Waals surface area contributed by atoms with Crippen LogP contribution in [-0.2, 0) is 0 Å². The predicted molar refractivity (Wildman–Crippen MR) is 115 cm³/mol. The molecule has 152 valence electrons. The minimum atomic E-state index is 0.815. The van der Waals surface area contributed by atoms with E-state index in [9.17, 15) is 0 Å². The van der Waals surface area contributed by atoms with E-state index < -0.39 is 0 Å². The zero-order valence-electron chi connectivity index (χ0n) is 17.0. The third-order valence-corrected chi connectivity index (χ3v) is 5.23. The first-order valence-corrected chi connectivity index (χ1v) is 10.7. The van der Waals surface area contributed by atoms with E-state index in [0.29, 0.717) is 0 Å². The highest BCUT2D eigenvalue weighted by Gasteiger charge is 2.15. The number of rotatable bonds is 12. The van der Waals surface area contributed by atoms with Crippen LogP contribution in [0.4, 0.5) is 0 Å². The standard InChI is InChI=1S/C24H34N2O2/c1-3-11-23(12-4-1)27-21-9-7-15-25-17-19-26(20-18-25)16-8-10-22-28-24-13-5-2-6-14-24/h1-6,11-14H,7-10,15-22H2. The lowest BCUT2D eigenvalue weighted by Crippen LogP contribution is -2.46. The number of piperazine rings is 1. The number of ether oxygens (including phenoxy) is 2. The van der Waals surface area contributed by atoms with Crippen LogP contribution in [0.3, 0.4) is 0 Å². The summed E-state index contributed by atoms with van der Waals surface area (Å²) in [6.45, 7) is 8.79. The van der Waals surface area contributed by atoms with Crippen molar-refractivity contribution in [2.45, 2.75) is 25.7 Å². The molecule has 28 heavy (non-hydrogen) atoms. The molecule has 4 heteroatoms. The maximum Gasteiger partial charge on any atom is 0.119 e. The second-order valence-corrected chi connectivity index (χ2v) is 7.42. The minimum absolute atomic E-state index is 0.815. The molecular formula is C24H34N2O2. The van der Waals surface area contributed by atoms with Crippen LogP contribution in [0.15, 0.2) is 60.7 Å². The Kier molecular flexibility index (Phi) is 9.18. The molecule has 0 aromatic heterocycles. The zero-order chi connectivity index (χ0) is 19.3. The van der Waals surface area contributed by atoms with Gasteiger partial charge in [-0.2, -0.15) is 0 Å². The molecular weight excluding hydrogens is 348 g/mol. The third-order valence-electron chi connectivity index (χ3n) is 5.23. The number of unbranched alkanes of at least 4 members (excludes halogenated alkanes) is 2. The van der Waals surface area contributed by atoms with E-state index in [1.807, 2.05) is 60.7 Å². The molecule has 0 saturated carbocycles. The van der Waals surface area contributed by atoms with E-state index in [0.717, 1.165) is 37.6 Å². The highest BCUT2D eigenvalue weighted by atomic mass is 16.5. The largest absolute Gasteiger partial charge is 0.494 e. The normalized spacial score (nSPS) is 15.4. The van der Waals surface area contributed by atoms with Crippen molar-refractivity contribution in [3.63, 3.8) is 0 Å². The summed E-state index contributed by atoms with van der Waals surface area (Å²) in [6.07, 6.45) is 4.67. The van der Waals surface area contributed by atoms with Crippen molar-refractivity contribution in [2.75, 3.05) is 52.5 Å². The lowest BCUT2D eigenvalue weighted by molar-refractivity contribution is 0.126. The summed E-state index contributed by atoms with van der Waals surface area (Å²) in [6, 6.07) is 20.2. The van der Waals surface area contributed by atoms with Crippen LogP contribution < -0.4 is 9.47 Å². The number of para-hydroxylation sites is 2. The molecule has 0 amide bonds. The summed E-state index contributed by atoms with van der Waals surface area (Å²) < 4.78 is 11.5. The van der Waals surface area contributed by atoms with Gasteiger partial charge >= 0.3 is 0 Å². The maximum absolute atomic E-state index is 5.77. The van der Waals surface area contributed by atoms with Crippen molar-refractivity contribution in [1.82, 2.24) is 9.80 Å². The van der Waals surface area contributed by atoms with Crippen LogP contribution >= 0.6 is 0 Å². The molecule has 0 bridgehead atoms. The molecule has 0 N–H and O–H groups in total. The van der Waals surface area contributed by atoms with Gasteiger partial charge in [-0.3, -0.25) is 0 Å². The Morgan fingerprint density at radius 3 is 1.32 bits per heavy atom. The van der Waals surface area contributed by atoms with Gasteiger partial charge in [-0.15, -0.1) is 0 Å². The van der Waals surface area contributed by atoms with Gasteiger partial charge in [0.2, 0.25) is 0 Å². The Balaban J connectivity index is 1.16. The first-order chi connectivity index (χ1) is 13.9. The highest BCUT2D eigenvalue weighted by molar-refractivity contribution is 5.21. The lowest BCUT2D eigenvalue weighted by atomic mass is 10.2. The molecule has 0 atom stereocenters. The van der Waals surface area contributed by atoms with Gasteiger partial charge < -0.3 is 19.3 Å². The molecule has 1 heterocycles. The molecule has 2 aromatic carbocycles. The number of hydrogen-bond acceptors (Lipinski definition) is 4. The summed E-state index contributed by atoms with van der Waals surface area (Å²) >= 11 is 0. The number of benzene rings is 2. The quantitative estimate of drug-likeness (QED) is 0.510. The highest BCUT2D eigenvalue weighted by Crippen LogP contribution is 2.11. The average molecular weight is 383 g/mol. The Morgan fingerprint density at radius 2 is 0.929 bits per heavy atom. The monoisotopic (exact) mass is 382 g/mol. The average Bonchev–Trinajstić information content (AvgIpc) is 2.76. The summed E-state index contributed by atoms with van der Waals surface area (Å²) in [4.78, 5) is 5.19. The van der Waals surface area contributed by atoms with Gasteiger partial charge in [0.05, 0.1) is 13.2 Å². The fourth-order valence-electron chi connectivity index (χ4n) is 3.52. The minimum Gasteiger partial charge on any atom is -0.494 e. The van der Waals surface area contributed by atoms with Gasteiger partial charge in [-0.25, -0.2) is 0 Å². The fraction of sp³-hybridized carbons (Fsp3) is 0.500. The van der Waals surface area contributed by atoms with Gasteiger partial charge in [0.1, 0.15) is 11.5 Å². The topological polar surface area (TPSA) is 24.9 Å². The van der Waals surface area contributed by atoms with Crippen LogP contribution in [0.25, 0.3) is 0 Å². The SMILES string of the molecule is c1ccc(OCCCCN2CCN(CCCCOc3ccccc3)CC2)cc1. The number of nitrogens with zero attached hydrogens (tertiary/aromatic N) is 2. The molecule has 3 rings (SSSR count). The van der Waals surface area contributed by atoms with Crippen LogP contribution in [0.5, 0.6) is 11.5 Å². The van der Waals surface area contributed by atoms with E-state index in [-0.39, 0.29) is 0 Å². The molecule has 1 saturated heterocycles. The van der Waals surface area contributed by atoms with Crippen molar-refractivity contribution < 1.29 is 9.47 Å². The summed E-state index contributed by atoms with van der Waals surface area (Å²) in [7, 11) is 0. The Hall–Kier alpha value is -2.04. The first kappa shape index (κ1) is 20.7. The molecule has 0 aliphatic carbocycles. The van der Waals surface area contributed by atoms with Crippen LogP contribution in [0.2, 0.25) is 0 Å². The van der Waals surface area contributed by atoms with Crippen molar-refractivity contribution in [3.05, 3.63) is 60.7 Å². The molecule has 0 radical (unpaired) electrons. The first-order valence-electron chi connectivity index (χ1n) is 10.7. The van der Waals surface area contributed by atoms with Gasteiger partial charge in [-0.05, 0) is 63.0 Å². The molecule has 1 fully saturated rings. The zero-order valence-corrected chi connectivity index (χ0v) is 17.0. The smallest absolute Gasteiger partial charge is 0.119 e. The van der Waals surface area contributed by atoms with Crippen LogP contribution in [0, 0.1) is 0 Å².